The highest BCUT2D eigenvalue weighted by atomic mass is 32.2. The van der Waals surface area contributed by atoms with E-state index in [4.69, 9.17) is 5.73 Å². The maximum atomic E-state index is 12.8. The lowest BCUT2D eigenvalue weighted by atomic mass is 10.1. The van der Waals surface area contributed by atoms with Crippen LogP contribution in [-0.4, -0.2) is 24.8 Å². The van der Waals surface area contributed by atoms with Crippen LogP contribution < -0.4 is 5.73 Å². The summed E-state index contributed by atoms with van der Waals surface area (Å²) in [6.45, 7) is 3.77. The average molecular weight is 305 g/mol. The molecule has 2 N–H and O–H groups in total. The van der Waals surface area contributed by atoms with Gasteiger partial charge in [0.15, 0.2) is 0 Å². The van der Waals surface area contributed by atoms with E-state index >= 15 is 0 Å². The quantitative estimate of drug-likeness (QED) is 0.878. The Morgan fingerprint density at radius 1 is 1.24 bits per heavy atom. The monoisotopic (exact) mass is 305 g/mol. The molecule has 1 aromatic carbocycles. The van der Waals surface area contributed by atoms with Gasteiger partial charge in [-0.2, -0.15) is 4.31 Å². The van der Waals surface area contributed by atoms with Crippen molar-refractivity contribution in [3.63, 3.8) is 0 Å². The van der Waals surface area contributed by atoms with E-state index < -0.39 is 10.0 Å². The standard InChI is InChI=1S/C15H19N3O2S/c1-11-6-7-14(16)12(2)15(11)21(19,20)18(3)10-13-5-4-8-17-9-13/h4-9H,10,16H2,1-3H3. The van der Waals surface area contributed by atoms with Gasteiger partial charge in [0.2, 0.25) is 10.0 Å². The van der Waals surface area contributed by atoms with Gasteiger partial charge >= 0.3 is 0 Å². The molecule has 0 aliphatic heterocycles. The summed E-state index contributed by atoms with van der Waals surface area (Å²) in [5.41, 5.74) is 8.45. The third-order valence-electron chi connectivity index (χ3n) is 3.44. The Bertz CT molecular complexity index is 743. The maximum Gasteiger partial charge on any atom is 0.243 e. The van der Waals surface area contributed by atoms with Crippen LogP contribution in [0.3, 0.4) is 0 Å². The predicted octanol–water partition coefficient (Wildman–Crippen LogP) is 2.10. The summed E-state index contributed by atoms with van der Waals surface area (Å²) in [6, 6.07) is 7.09. The number of rotatable bonds is 4. The zero-order valence-electron chi connectivity index (χ0n) is 12.4. The minimum atomic E-state index is -3.60. The molecule has 5 nitrogen and oxygen atoms in total. The molecular formula is C15H19N3O2S. The second kappa shape index (κ2) is 5.83. The number of aryl methyl sites for hydroxylation is 1. The normalized spacial score (nSPS) is 11.8. The molecule has 0 saturated carbocycles. The first-order valence-electron chi connectivity index (χ1n) is 6.55. The van der Waals surface area contributed by atoms with Crippen LogP contribution in [-0.2, 0) is 16.6 Å². The molecule has 0 radical (unpaired) electrons. The largest absolute Gasteiger partial charge is 0.398 e. The molecule has 0 bridgehead atoms. The zero-order valence-corrected chi connectivity index (χ0v) is 13.2. The Hall–Kier alpha value is -1.92. The summed E-state index contributed by atoms with van der Waals surface area (Å²) in [7, 11) is -2.04. The molecular weight excluding hydrogens is 286 g/mol. The number of benzene rings is 1. The highest BCUT2D eigenvalue weighted by molar-refractivity contribution is 7.89. The molecule has 0 fully saturated rings. The van der Waals surface area contributed by atoms with Gasteiger partial charge < -0.3 is 5.73 Å². The molecule has 21 heavy (non-hydrogen) atoms. The molecule has 112 valence electrons. The second-order valence-corrected chi connectivity index (χ2v) is 7.03. The lowest BCUT2D eigenvalue weighted by Gasteiger charge is -2.20. The van der Waals surface area contributed by atoms with Crippen LogP contribution in [0.5, 0.6) is 0 Å². The zero-order chi connectivity index (χ0) is 15.6. The summed E-state index contributed by atoms with van der Waals surface area (Å²) in [4.78, 5) is 4.29. The van der Waals surface area contributed by atoms with Crippen molar-refractivity contribution < 1.29 is 8.42 Å². The van der Waals surface area contributed by atoms with E-state index in [0.717, 1.165) is 5.56 Å². The van der Waals surface area contributed by atoms with Crippen LogP contribution in [0.4, 0.5) is 5.69 Å². The minimum absolute atomic E-state index is 0.268. The number of nitrogens with zero attached hydrogens (tertiary/aromatic N) is 2. The van der Waals surface area contributed by atoms with E-state index in [2.05, 4.69) is 4.98 Å². The van der Waals surface area contributed by atoms with Crippen LogP contribution in [0.1, 0.15) is 16.7 Å². The first-order chi connectivity index (χ1) is 9.84. The fourth-order valence-electron chi connectivity index (χ4n) is 2.23. The van der Waals surface area contributed by atoms with Gasteiger partial charge in [0.25, 0.3) is 0 Å². The van der Waals surface area contributed by atoms with Crippen molar-refractivity contribution in [1.29, 1.82) is 0 Å². The summed E-state index contributed by atoms with van der Waals surface area (Å²) in [5, 5.41) is 0. The molecule has 1 heterocycles. The molecule has 0 aliphatic carbocycles. The van der Waals surface area contributed by atoms with E-state index in [1.54, 1.807) is 51.5 Å². The summed E-state index contributed by atoms with van der Waals surface area (Å²) in [6.07, 6.45) is 3.31. The van der Waals surface area contributed by atoms with Crippen LogP contribution >= 0.6 is 0 Å². The van der Waals surface area contributed by atoms with Crippen LogP contribution in [0, 0.1) is 13.8 Å². The van der Waals surface area contributed by atoms with Gasteiger partial charge in [0.1, 0.15) is 0 Å². The minimum Gasteiger partial charge on any atom is -0.398 e. The number of aromatic nitrogens is 1. The highest BCUT2D eigenvalue weighted by Gasteiger charge is 2.25. The molecule has 0 aliphatic rings. The van der Waals surface area contributed by atoms with Crippen molar-refractivity contribution >= 4 is 15.7 Å². The van der Waals surface area contributed by atoms with Crippen LogP contribution in [0.25, 0.3) is 0 Å². The first kappa shape index (κ1) is 15.5. The SMILES string of the molecule is Cc1ccc(N)c(C)c1S(=O)(=O)N(C)Cc1cccnc1. The summed E-state index contributed by atoms with van der Waals surface area (Å²) >= 11 is 0. The number of pyridine rings is 1. The molecule has 0 saturated heterocycles. The van der Waals surface area contributed by atoms with Crippen LogP contribution in [0.2, 0.25) is 0 Å². The Morgan fingerprint density at radius 3 is 2.57 bits per heavy atom. The number of sulfonamides is 1. The van der Waals surface area contributed by atoms with Crippen molar-refractivity contribution in [2.24, 2.45) is 0 Å². The molecule has 2 aromatic rings. The predicted molar refractivity (Wildman–Crippen MR) is 83.2 cm³/mol. The van der Waals surface area contributed by atoms with Gasteiger partial charge in [-0.3, -0.25) is 4.98 Å². The van der Waals surface area contributed by atoms with Gasteiger partial charge in [0.05, 0.1) is 4.90 Å². The third kappa shape index (κ3) is 3.06. The van der Waals surface area contributed by atoms with Gasteiger partial charge in [-0.1, -0.05) is 12.1 Å². The van der Waals surface area contributed by atoms with Crippen molar-refractivity contribution in [1.82, 2.24) is 9.29 Å². The second-order valence-electron chi connectivity index (χ2n) is 5.05. The lowest BCUT2D eigenvalue weighted by molar-refractivity contribution is 0.465. The highest BCUT2D eigenvalue weighted by Crippen LogP contribution is 2.27. The van der Waals surface area contributed by atoms with Gasteiger partial charge in [-0.25, -0.2) is 8.42 Å². The fraction of sp³-hybridized carbons (Fsp3) is 0.267. The van der Waals surface area contributed by atoms with Crippen molar-refractivity contribution in [3.05, 3.63) is 53.3 Å². The Kier molecular flexibility index (Phi) is 4.29. The lowest BCUT2D eigenvalue weighted by Crippen LogP contribution is -2.28. The van der Waals surface area contributed by atoms with Crippen molar-refractivity contribution in [2.75, 3.05) is 12.8 Å². The maximum absolute atomic E-state index is 12.8. The number of nitrogens with two attached hydrogens (primary N) is 1. The van der Waals surface area contributed by atoms with E-state index in [9.17, 15) is 8.42 Å². The average Bonchev–Trinajstić information content (AvgIpc) is 2.44. The van der Waals surface area contributed by atoms with Gasteiger partial charge in [0, 0.05) is 31.7 Å². The van der Waals surface area contributed by atoms with Crippen LogP contribution in [0.15, 0.2) is 41.6 Å². The molecule has 6 heteroatoms. The molecule has 0 atom stereocenters. The Labute approximate surface area is 125 Å². The third-order valence-corrected chi connectivity index (χ3v) is 5.53. The fourth-order valence-corrected chi connectivity index (χ4v) is 3.84. The molecule has 2 rings (SSSR count). The van der Waals surface area contributed by atoms with E-state index in [1.165, 1.54) is 4.31 Å². The van der Waals surface area contributed by atoms with Gasteiger partial charge in [-0.05, 0) is 42.7 Å². The Balaban J connectivity index is 2.41. The molecule has 0 spiro atoms. The number of hydrogen-bond acceptors (Lipinski definition) is 4. The van der Waals surface area contributed by atoms with E-state index in [-0.39, 0.29) is 11.4 Å². The number of nitrogen functional groups attached to an aromatic ring is 1. The summed E-state index contributed by atoms with van der Waals surface area (Å²) in [5.74, 6) is 0. The summed E-state index contributed by atoms with van der Waals surface area (Å²) < 4.78 is 26.9. The first-order valence-corrected chi connectivity index (χ1v) is 7.99. The van der Waals surface area contributed by atoms with Crippen molar-refractivity contribution in [2.45, 2.75) is 25.3 Å². The molecule has 0 unspecified atom stereocenters. The van der Waals surface area contributed by atoms with E-state index in [1.807, 2.05) is 6.07 Å². The molecule has 0 amide bonds. The number of hydrogen-bond donors (Lipinski definition) is 1. The van der Waals surface area contributed by atoms with Gasteiger partial charge in [-0.15, -0.1) is 0 Å². The Morgan fingerprint density at radius 2 is 1.95 bits per heavy atom. The smallest absolute Gasteiger partial charge is 0.243 e. The topological polar surface area (TPSA) is 76.3 Å². The van der Waals surface area contributed by atoms with Crippen molar-refractivity contribution in [3.8, 4) is 0 Å². The molecule has 1 aromatic heterocycles. The number of anilines is 1. The van der Waals surface area contributed by atoms with E-state index in [0.29, 0.717) is 16.8 Å².